The van der Waals surface area contributed by atoms with E-state index in [1.807, 2.05) is 63.5 Å². The number of carbonyl (C=O) groups is 1. The Morgan fingerprint density at radius 1 is 1.05 bits per heavy atom. The molecule has 38 heavy (non-hydrogen) atoms. The first kappa shape index (κ1) is 25.6. The second-order valence-corrected chi connectivity index (χ2v) is 10.1. The molecule has 1 saturated heterocycles. The van der Waals surface area contributed by atoms with Crippen molar-refractivity contribution in [3.05, 3.63) is 101 Å². The molecule has 4 aromatic rings. The molecule has 4 heterocycles. The van der Waals surface area contributed by atoms with Crippen molar-refractivity contribution in [3.8, 4) is 5.82 Å². The number of hydrogen-bond acceptors (Lipinski definition) is 4. The largest absolute Gasteiger partial charge is 0.351 e. The van der Waals surface area contributed by atoms with Crippen molar-refractivity contribution in [2.45, 2.75) is 53.1 Å². The van der Waals surface area contributed by atoms with Gasteiger partial charge < -0.3 is 20.1 Å². The van der Waals surface area contributed by atoms with Crippen molar-refractivity contribution in [3.63, 3.8) is 0 Å². The fraction of sp³-hybridized carbons (Fsp3) is 0.267. The lowest BCUT2D eigenvalue weighted by molar-refractivity contribution is -0.115. The number of rotatable bonds is 6. The number of amides is 1. The van der Waals surface area contributed by atoms with Gasteiger partial charge >= 0.3 is 0 Å². The van der Waals surface area contributed by atoms with E-state index in [0.717, 1.165) is 51.0 Å². The summed E-state index contributed by atoms with van der Waals surface area (Å²) in [6, 6.07) is 18.1. The van der Waals surface area contributed by atoms with Crippen LogP contribution in [0.1, 0.15) is 59.2 Å². The van der Waals surface area contributed by atoms with Gasteiger partial charge in [-0.3, -0.25) is 9.78 Å². The average molecular weight is 525 g/mol. The molecule has 1 aliphatic heterocycles. The number of pyridine rings is 2. The van der Waals surface area contributed by atoms with Gasteiger partial charge in [-0.2, -0.15) is 0 Å². The van der Waals surface area contributed by atoms with Gasteiger partial charge in [-0.25, -0.2) is 4.98 Å². The van der Waals surface area contributed by atoms with Gasteiger partial charge in [0.25, 0.3) is 0 Å². The summed E-state index contributed by atoms with van der Waals surface area (Å²) in [6.07, 6.45) is 4.14. The van der Waals surface area contributed by atoms with E-state index in [2.05, 4.69) is 63.2 Å². The molecule has 0 saturated carbocycles. The first-order chi connectivity index (χ1) is 18.3. The molecule has 1 amide bonds. The van der Waals surface area contributed by atoms with E-state index in [1.165, 1.54) is 0 Å². The predicted octanol–water partition coefficient (Wildman–Crippen LogP) is 6.03. The zero-order valence-corrected chi connectivity index (χ0v) is 23.1. The zero-order chi connectivity index (χ0) is 27.0. The summed E-state index contributed by atoms with van der Waals surface area (Å²) in [7, 11) is 0. The van der Waals surface area contributed by atoms with Gasteiger partial charge in [-0.05, 0) is 99.1 Å². The Morgan fingerprint density at radius 2 is 1.87 bits per heavy atom. The molecular formula is C30H32N6OS. The van der Waals surface area contributed by atoms with Gasteiger partial charge in [0.1, 0.15) is 5.82 Å². The smallest absolute Gasteiger partial charge is 0.224 e. The second kappa shape index (κ2) is 10.4. The van der Waals surface area contributed by atoms with Crippen LogP contribution in [0, 0.1) is 27.7 Å². The molecule has 3 aromatic heterocycles. The highest BCUT2D eigenvalue weighted by molar-refractivity contribution is 7.80. The van der Waals surface area contributed by atoms with E-state index in [0.29, 0.717) is 11.5 Å². The Hall–Kier alpha value is -4.04. The van der Waals surface area contributed by atoms with Gasteiger partial charge in [-0.15, -0.1) is 0 Å². The van der Waals surface area contributed by atoms with Crippen LogP contribution < -0.4 is 15.5 Å². The van der Waals surface area contributed by atoms with Crippen LogP contribution in [0.5, 0.6) is 0 Å². The molecular weight excluding hydrogens is 492 g/mol. The number of aryl methyl sites for hydroxylation is 3. The lowest BCUT2D eigenvalue weighted by atomic mass is 9.96. The summed E-state index contributed by atoms with van der Waals surface area (Å²) in [5.74, 6) is 0.877. The third-order valence-corrected chi connectivity index (χ3v) is 7.41. The summed E-state index contributed by atoms with van der Waals surface area (Å²) >= 11 is 5.93. The van der Waals surface area contributed by atoms with Crippen molar-refractivity contribution in [1.82, 2.24) is 19.9 Å². The molecule has 1 fully saturated rings. The second-order valence-electron chi connectivity index (χ2n) is 9.75. The Morgan fingerprint density at radius 3 is 2.53 bits per heavy atom. The van der Waals surface area contributed by atoms with Crippen LogP contribution in [-0.4, -0.2) is 25.6 Å². The van der Waals surface area contributed by atoms with E-state index >= 15 is 0 Å². The van der Waals surface area contributed by atoms with Crippen LogP contribution in [0.4, 0.5) is 11.4 Å². The number of hydrogen-bond donors (Lipinski definition) is 2. The third kappa shape index (κ3) is 4.67. The Labute approximate surface area is 228 Å². The zero-order valence-electron chi connectivity index (χ0n) is 22.3. The summed E-state index contributed by atoms with van der Waals surface area (Å²) in [6.45, 7) is 10.1. The molecule has 0 radical (unpaired) electrons. The van der Waals surface area contributed by atoms with Gasteiger partial charge in [0, 0.05) is 41.6 Å². The highest BCUT2D eigenvalue weighted by Crippen LogP contribution is 2.44. The molecule has 7 nitrogen and oxygen atoms in total. The van der Waals surface area contributed by atoms with Crippen molar-refractivity contribution in [1.29, 1.82) is 0 Å². The normalized spacial score (nSPS) is 17.0. The number of anilines is 2. The quantitative estimate of drug-likeness (QED) is 0.300. The molecule has 0 bridgehead atoms. The molecule has 1 aliphatic rings. The van der Waals surface area contributed by atoms with Crippen LogP contribution in [0.3, 0.4) is 0 Å². The lowest BCUT2D eigenvalue weighted by Gasteiger charge is -2.29. The van der Waals surface area contributed by atoms with Crippen LogP contribution in [0.15, 0.2) is 67.0 Å². The Bertz CT molecular complexity index is 1500. The maximum atomic E-state index is 12.0. The van der Waals surface area contributed by atoms with E-state index in [4.69, 9.17) is 17.2 Å². The molecule has 194 valence electrons. The van der Waals surface area contributed by atoms with Gasteiger partial charge in [0.05, 0.1) is 17.8 Å². The SMILES string of the molecule is CCC(=O)Nc1ccc(N2C(=S)N[C@H](c3ccccn3)[C@@H]2c2cc(C)n(-c3ccc(C)cn3)c2C)cc1C. The first-order valence-electron chi connectivity index (χ1n) is 12.8. The molecule has 0 spiro atoms. The maximum Gasteiger partial charge on any atom is 0.224 e. The minimum atomic E-state index is -0.150. The van der Waals surface area contributed by atoms with Gasteiger partial charge in [0.2, 0.25) is 5.91 Å². The number of benzene rings is 1. The minimum absolute atomic E-state index is 0.00976. The molecule has 2 N–H and O–H groups in total. The number of aromatic nitrogens is 3. The van der Waals surface area contributed by atoms with Crippen LogP contribution in [0.25, 0.3) is 5.82 Å². The Balaban J connectivity index is 1.63. The Kier molecular flexibility index (Phi) is 6.99. The average Bonchev–Trinajstić information content (AvgIpc) is 3.41. The van der Waals surface area contributed by atoms with Gasteiger partial charge in [-0.1, -0.05) is 19.1 Å². The molecule has 2 atom stereocenters. The molecule has 8 heteroatoms. The lowest BCUT2D eigenvalue weighted by Crippen LogP contribution is -2.29. The first-order valence-corrected chi connectivity index (χ1v) is 13.2. The van der Waals surface area contributed by atoms with Crippen LogP contribution >= 0.6 is 12.2 Å². The van der Waals surface area contributed by atoms with Crippen LogP contribution in [0.2, 0.25) is 0 Å². The van der Waals surface area contributed by atoms with Crippen molar-refractivity contribution in [2.75, 3.05) is 10.2 Å². The molecule has 1 aromatic carbocycles. The number of carbonyl (C=O) groups excluding carboxylic acids is 1. The molecule has 5 rings (SSSR count). The predicted molar refractivity (Wildman–Crippen MR) is 156 cm³/mol. The maximum absolute atomic E-state index is 12.0. The molecule has 0 unspecified atom stereocenters. The van der Waals surface area contributed by atoms with E-state index < -0.39 is 0 Å². The topological polar surface area (TPSA) is 75.1 Å². The number of thiocarbonyl (C=S) groups is 1. The van der Waals surface area contributed by atoms with E-state index in [1.54, 1.807) is 0 Å². The minimum Gasteiger partial charge on any atom is -0.351 e. The number of nitrogens with zero attached hydrogens (tertiary/aromatic N) is 4. The fourth-order valence-corrected chi connectivity index (χ4v) is 5.50. The van der Waals surface area contributed by atoms with E-state index in [9.17, 15) is 4.79 Å². The standard InChI is InChI=1S/C30H32N6OS/c1-6-27(37)33-24-12-11-22(15-19(24)3)36-29(28(34-30(36)38)25-9-7-8-14-31-25)23-16-20(4)35(21(23)5)26-13-10-18(2)17-32-26/h7-17,28-29H,6H2,1-5H3,(H,33,37)(H,34,38)/t28-,29+/m1/s1. The monoisotopic (exact) mass is 524 g/mol. The highest BCUT2D eigenvalue weighted by Gasteiger charge is 2.42. The van der Waals surface area contributed by atoms with Crippen molar-refractivity contribution >= 4 is 34.6 Å². The van der Waals surface area contributed by atoms with Crippen molar-refractivity contribution < 1.29 is 4.79 Å². The summed E-state index contributed by atoms with van der Waals surface area (Å²) in [5, 5.41) is 7.16. The third-order valence-electron chi connectivity index (χ3n) is 7.10. The van der Waals surface area contributed by atoms with E-state index in [-0.39, 0.29) is 18.0 Å². The van der Waals surface area contributed by atoms with Crippen LogP contribution in [-0.2, 0) is 4.79 Å². The van der Waals surface area contributed by atoms with Gasteiger partial charge in [0.15, 0.2) is 5.11 Å². The summed E-state index contributed by atoms with van der Waals surface area (Å²) in [5.41, 5.74) is 8.12. The van der Waals surface area contributed by atoms with Crippen molar-refractivity contribution in [2.24, 2.45) is 0 Å². The number of nitrogens with one attached hydrogen (secondary N) is 2. The summed E-state index contributed by atoms with van der Waals surface area (Å²) < 4.78 is 2.19. The highest BCUT2D eigenvalue weighted by atomic mass is 32.1. The molecule has 0 aliphatic carbocycles. The summed E-state index contributed by atoms with van der Waals surface area (Å²) in [4.78, 5) is 23.5. The fourth-order valence-electron chi connectivity index (χ4n) is 5.16.